The van der Waals surface area contributed by atoms with Gasteiger partial charge in [0.25, 0.3) is 0 Å². The zero-order valence-electron chi connectivity index (χ0n) is 11.8. The maximum atomic E-state index is 6.25. The van der Waals surface area contributed by atoms with Crippen molar-refractivity contribution in [3.8, 4) is 0 Å². The van der Waals surface area contributed by atoms with Crippen LogP contribution in [0.4, 0.5) is 0 Å². The summed E-state index contributed by atoms with van der Waals surface area (Å²) in [4.78, 5) is 0. The van der Waals surface area contributed by atoms with E-state index in [-0.39, 0.29) is 12.1 Å². The molecule has 0 spiro atoms. The molecule has 1 fully saturated rings. The van der Waals surface area contributed by atoms with Crippen molar-refractivity contribution in [2.75, 3.05) is 20.3 Å². The van der Waals surface area contributed by atoms with Crippen molar-refractivity contribution in [3.63, 3.8) is 0 Å². The van der Waals surface area contributed by atoms with E-state index in [1.165, 1.54) is 6.42 Å². The Kier molecular flexibility index (Phi) is 6.25. The largest absolute Gasteiger partial charge is 0.383 e. The molecule has 3 N–H and O–H groups in total. The van der Waals surface area contributed by atoms with Gasteiger partial charge in [0.2, 0.25) is 0 Å². The van der Waals surface area contributed by atoms with Crippen LogP contribution in [0, 0.1) is 0 Å². The minimum Gasteiger partial charge on any atom is -0.383 e. The molecule has 2 heterocycles. The van der Waals surface area contributed by atoms with Crippen LogP contribution in [0.2, 0.25) is 5.02 Å². The van der Waals surface area contributed by atoms with Crippen LogP contribution in [0.3, 0.4) is 0 Å². The molecule has 6 nitrogen and oxygen atoms in total. The minimum absolute atomic E-state index is 0.0649. The Hall–Kier alpha value is -0.660. The van der Waals surface area contributed by atoms with Gasteiger partial charge in [0, 0.05) is 13.7 Å². The normalized spacial score (nSPS) is 21.1. The molecule has 0 saturated carbocycles. The number of nitrogens with zero attached hydrogens (tertiary/aromatic N) is 2. The van der Waals surface area contributed by atoms with Crippen LogP contribution in [-0.4, -0.2) is 36.2 Å². The van der Waals surface area contributed by atoms with Crippen LogP contribution in [0.5, 0.6) is 0 Å². The van der Waals surface area contributed by atoms with E-state index < -0.39 is 0 Å². The standard InChI is InChI=1S/C13H23ClN4O2/c1-19-7-5-18-13(11(14)9-16-18)12(17-15)8-10-4-2-3-6-20-10/h9-10,12,17H,2-8,15H2,1H3. The van der Waals surface area contributed by atoms with Gasteiger partial charge >= 0.3 is 0 Å². The summed E-state index contributed by atoms with van der Waals surface area (Å²) in [6.45, 7) is 2.07. The molecule has 1 saturated heterocycles. The number of methoxy groups -OCH3 is 1. The lowest BCUT2D eigenvalue weighted by Crippen LogP contribution is -2.34. The number of nitrogens with two attached hydrogens (primary N) is 1. The third-order valence-electron chi connectivity index (χ3n) is 3.64. The highest BCUT2D eigenvalue weighted by Gasteiger charge is 2.24. The van der Waals surface area contributed by atoms with Gasteiger partial charge in [0.1, 0.15) is 0 Å². The fraction of sp³-hybridized carbons (Fsp3) is 0.769. The molecule has 0 bridgehead atoms. The topological polar surface area (TPSA) is 74.3 Å². The highest BCUT2D eigenvalue weighted by atomic mass is 35.5. The lowest BCUT2D eigenvalue weighted by molar-refractivity contribution is 0.00444. The number of aromatic nitrogens is 2. The second-order valence-electron chi connectivity index (χ2n) is 5.04. The van der Waals surface area contributed by atoms with Crippen molar-refractivity contribution >= 4 is 11.6 Å². The first-order valence-corrected chi connectivity index (χ1v) is 7.42. The van der Waals surface area contributed by atoms with Gasteiger partial charge in [-0.15, -0.1) is 0 Å². The van der Waals surface area contributed by atoms with Gasteiger partial charge in [-0.2, -0.15) is 5.10 Å². The van der Waals surface area contributed by atoms with E-state index in [0.29, 0.717) is 18.2 Å². The number of hydrogen-bond donors (Lipinski definition) is 2. The highest BCUT2D eigenvalue weighted by molar-refractivity contribution is 6.31. The predicted octanol–water partition coefficient (Wildman–Crippen LogP) is 1.65. The molecular weight excluding hydrogens is 280 g/mol. The van der Waals surface area contributed by atoms with E-state index >= 15 is 0 Å². The summed E-state index contributed by atoms with van der Waals surface area (Å²) >= 11 is 6.25. The van der Waals surface area contributed by atoms with Crippen LogP contribution in [0.15, 0.2) is 6.20 Å². The number of nitrogens with one attached hydrogen (secondary N) is 1. The van der Waals surface area contributed by atoms with E-state index in [2.05, 4.69) is 10.5 Å². The average molecular weight is 303 g/mol. The van der Waals surface area contributed by atoms with Crippen molar-refractivity contribution in [1.82, 2.24) is 15.2 Å². The molecule has 1 aromatic rings. The van der Waals surface area contributed by atoms with E-state index in [1.807, 2.05) is 4.68 Å². The molecule has 0 radical (unpaired) electrons. The van der Waals surface area contributed by atoms with E-state index in [1.54, 1.807) is 13.3 Å². The Bertz CT molecular complexity index is 407. The number of halogens is 1. The van der Waals surface area contributed by atoms with Gasteiger partial charge in [-0.3, -0.25) is 16.0 Å². The van der Waals surface area contributed by atoms with Gasteiger partial charge < -0.3 is 9.47 Å². The summed E-state index contributed by atoms with van der Waals surface area (Å²) in [7, 11) is 1.67. The Morgan fingerprint density at radius 2 is 2.50 bits per heavy atom. The molecule has 114 valence electrons. The van der Waals surface area contributed by atoms with Gasteiger partial charge in [-0.25, -0.2) is 0 Å². The number of ether oxygens (including phenoxy) is 2. The number of rotatable bonds is 7. The summed E-state index contributed by atoms with van der Waals surface area (Å²) in [6.07, 6.45) is 6.10. The van der Waals surface area contributed by atoms with Crippen molar-refractivity contribution in [1.29, 1.82) is 0 Å². The van der Waals surface area contributed by atoms with Crippen LogP contribution in [-0.2, 0) is 16.0 Å². The van der Waals surface area contributed by atoms with Crippen molar-refractivity contribution in [2.24, 2.45) is 5.84 Å². The SMILES string of the molecule is COCCn1ncc(Cl)c1C(CC1CCCCO1)NN. The monoisotopic (exact) mass is 302 g/mol. The molecule has 2 rings (SSSR count). The van der Waals surface area contributed by atoms with Gasteiger partial charge in [-0.1, -0.05) is 11.6 Å². The van der Waals surface area contributed by atoms with Gasteiger partial charge in [0.05, 0.1) is 42.2 Å². The fourth-order valence-electron chi connectivity index (χ4n) is 2.59. The zero-order chi connectivity index (χ0) is 14.4. The van der Waals surface area contributed by atoms with Gasteiger partial charge in [0.15, 0.2) is 0 Å². The molecular formula is C13H23ClN4O2. The average Bonchev–Trinajstić information content (AvgIpc) is 2.84. The predicted molar refractivity (Wildman–Crippen MR) is 77.4 cm³/mol. The number of hydrogen-bond acceptors (Lipinski definition) is 5. The molecule has 1 aliphatic rings. The van der Waals surface area contributed by atoms with Crippen LogP contribution in [0.1, 0.15) is 37.4 Å². The number of hydrazine groups is 1. The first kappa shape index (κ1) is 15.7. The molecule has 1 aliphatic heterocycles. The van der Waals surface area contributed by atoms with Crippen LogP contribution < -0.4 is 11.3 Å². The maximum absolute atomic E-state index is 6.25. The molecule has 7 heteroatoms. The molecule has 0 aromatic carbocycles. The van der Waals surface area contributed by atoms with Crippen LogP contribution in [0.25, 0.3) is 0 Å². The summed E-state index contributed by atoms with van der Waals surface area (Å²) in [5.74, 6) is 5.71. The molecule has 2 atom stereocenters. The Morgan fingerprint density at radius 3 is 3.15 bits per heavy atom. The quantitative estimate of drug-likeness (QED) is 0.592. The van der Waals surface area contributed by atoms with Crippen molar-refractivity contribution < 1.29 is 9.47 Å². The van der Waals surface area contributed by atoms with Crippen molar-refractivity contribution in [2.45, 2.75) is 44.4 Å². The summed E-state index contributed by atoms with van der Waals surface area (Å²) in [5, 5.41) is 4.91. The second-order valence-corrected chi connectivity index (χ2v) is 5.44. The third-order valence-corrected chi connectivity index (χ3v) is 3.94. The molecule has 20 heavy (non-hydrogen) atoms. The molecule has 1 aromatic heterocycles. The fourth-order valence-corrected chi connectivity index (χ4v) is 2.86. The Labute approximate surface area is 124 Å². The van der Waals surface area contributed by atoms with E-state index in [9.17, 15) is 0 Å². The Morgan fingerprint density at radius 1 is 1.65 bits per heavy atom. The highest BCUT2D eigenvalue weighted by Crippen LogP contribution is 2.28. The second kappa shape index (κ2) is 7.95. The van der Waals surface area contributed by atoms with Crippen molar-refractivity contribution in [3.05, 3.63) is 16.9 Å². The van der Waals surface area contributed by atoms with Gasteiger partial charge in [-0.05, 0) is 25.7 Å². The first-order chi connectivity index (χ1) is 9.76. The third kappa shape index (κ3) is 3.93. The molecule has 2 unspecified atom stereocenters. The summed E-state index contributed by atoms with van der Waals surface area (Å²) in [6, 6.07) is -0.0649. The maximum Gasteiger partial charge on any atom is 0.0834 e. The summed E-state index contributed by atoms with van der Waals surface area (Å²) in [5.41, 5.74) is 3.75. The van der Waals surface area contributed by atoms with E-state index in [0.717, 1.165) is 31.6 Å². The Balaban J connectivity index is 2.07. The zero-order valence-corrected chi connectivity index (χ0v) is 12.6. The lowest BCUT2D eigenvalue weighted by atomic mass is 10.00. The summed E-state index contributed by atoms with van der Waals surface area (Å²) < 4.78 is 12.7. The smallest absolute Gasteiger partial charge is 0.0834 e. The van der Waals surface area contributed by atoms with Crippen LogP contribution >= 0.6 is 11.6 Å². The van der Waals surface area contributed by atoms with E-state index in [4.69, 9.17) is 26.9 Å². The molecule has 0 amide bonds. The minimum atomic E-state index is -0.0649. The first-order valence-electron chi connectivity index (χ1n) is 7.04. The lowest BCUT2D eigenvalue weighted by Gasteiger charge is -2.27. The molecule has 0 aliphatic carbocycles.